The molecular weight excluding hydrogens is 238 g/mol. The quantitative estimate of drug-likeness (QED) is 0.910. The van der Waals surface area contributed by atoms with Crippen LogP contribution in [0.5, 0.6) is 0 Å². The maximum absolute atomic E-state index is 5.72. The third-order valence-corrected chi connectivity index (χ3v) is 4.85. The van der Waals surface area contributed by atoms with Gasteiger partial charge in [0, 0.05) is 24.7 Å². The van der Waals surface area contributed by atoms with Gasteiger partial charge in [-0.25, -0.2) is 4.98 Å². The molecule has 0 aromatic carbocycles. The SMILES string of the molecule is Cc1cnc(C(C)N2CC(C)(C3CC3)NCC2C)o1. The van der Waals surface area contributed by atoms with E-state index in [-0.39, 0.29) is 11.6 Å². The molecule has 0 amide bonds. The van der Waals surface area contributed by atoms with E-state index in [9.17, 15) is 0 Å². The molecule has 4 heteroatoms. The lowest BCUT2D eigenvalue weighted by atomic mass is 9.90. The third-order valence-electron chi connectivity index (χ3n) is 4.85. The van der Waals surface area contributed by atoms with Crippen LogP contribution in [-0.2, 0) is 0 Å². The van der Waals surface area contributed by atoms with Crippen molar-refractivity contribution in [3.8, 4) is 0 Å². The van der Waals surface area contributed by atoms with Crippen molar-refractivity contribution in [3.05, 3.63) is 17.8 Å². The first-order chi connectivity index (χ1) is 8.99. The number of hydrogen-bond donors (Lipinski definition) is 1. The third kappa shape index (κ3) is 2.43. The van der Waals surface area contributed by atoms with Gasteiger partial charge in [-0.15, -0.1) is 0 Å². The lowest BCUT2D eigenvalue weighted by molar-refractivity contribution is 0.0419. The first-order valence-electron chi connectivity index (χ1n) is 7.43. The molecule has 19 heavy (non-hydrogen) atoms. The zero-order valence-electron chi connectivity index (χ0n) is 12.4. The highest BCUT2D eigenvalue weighted by Crippen LogP contribution is 2.42. The predicted molar refractivity (Wildman–Crippen MR) is 75.0 cm³/mol. The summed E-state index contributed by atoms with van der Waals surface area (Å²) in [6, 6.07) is 0.776. The molecule has 0 radical (unpaired) electrons. The fraction of sp³-hybridized carbons (Fsp3) is 0.800. The summed E-state index contributed by atoms with van der Waals surface area (Å²) < 4.78 is 5.72. The van der Waals surface area contributed by atoms with Gasteiger partial charge in [-0.3, -0.25) is 4.90 Å². The summed E-state index contributed by atoms with van der Waals surface area (Å²) in [5.41, 5.74) is 0.266. The molecule has 1 saturated carbocycles. The van der Waals surface area contributed by atoms with Crippen molar-refractivity contribution in [1.82, 2.24) is 15.2 Å². The Morgan fingerprint density at radius 2 is 2.26 bits per heavy atom. The molecule has 2 aliphatic rings. The fourth-order valence-electron chi connectivity index (χ4n) is 3.31. The van der Waals surface area contributed by atoms with E-state index in [1.165, 1.54) is 12.8 Å². The molecule has 2 heterocycles. The standard InChI is InChI=1S/C15H25N3O/c1-10-7-17-15(4,13-5-6-13)9-18(10)12(3)14-16-8-11(2)19-14/h8,10,12-13,17H,5-7,9H2,1-4H3. The summed E-state index contributed by atoms with van der Waals surface area (Å²) in [6.45, 7) is 11.0. The van der Waals surface area contributed by atoms with Gasteiger partial charge in [-0.2, -0.15) is 0 Å². The molecule has 1 N–H and O–H groups in total. The molecule has 3 rings (SSSR count). The van der Waals surface area contributed by atoms with Crippen LogP contribution in [-0.4, -0.2) is 34.6 Å². The number of nitrogens with zero attached hydrogens (tertiary/aromatic N) is 2. The first kappa shape index (κ1) is 13.1. The van der Waals surface area contributed by atoms with E-state index >= 15 is 0 Å². The van der Waals surface area contributed by atoms with E-state index in [1.807, 2.05) is 13.1 Å². The Morgan fingerprint density at radius 1 is 1.53 bits per heavy atom. The Balaban J connectivity index is 1.77. The molecule has 3 atom stereocenters. The van der Waals surface area contributed by atoms with Gasteiger partial charge in [0.15, 0.2) is 0 Å². The molecule has 106 valence electrons. The van der Waals surface area contributed by atoms with Gasteiger partial charge in [0.1, 0.15) is 5.76 Å². The summed E-state index contributed by atoms with van der Waals surface area (Å²) >= 11 is 0. The number of nitrogens with one attached hydrogen (secondary N) is 1. The van der Waals surface area contributed by atoms with Crippen molar-refractivity contribution in [2.24, 2.45) is 5.92 Å². The molecule has 4 nitrogen and oxygen atoms in total. The Bertz CT molecular complexity index is 454. The molecule has 1 aromatic rings. The van der Waals surface area contributed by atoms with Crippen LogP contribution < -0.4 is 5.32 Å². The Labute approximate surface area is 115 Å². The molecule has 2 fully saturated rings. The molecule has 1 aliphatic carbocycles. The second kappa shape index (κ2) is 4.60. The molecule has 0 bridgehead atoms. The number of piperazine rings is 1. The highest BCUT2D eigenvalue weighted by atomic mass is 16.4. The van der Waals surface area contributed by atoms with Crippen LogP contribution in [0.1, 0.15) is 51.3 Å². The minimum Gasteiger partial charge on any atom is -0.444 e. The number of oxazole rings is 1. The van der Waals surface area contributed by atoms with Crippen LogP contribution in [0.3, 0.4) is 0 Å². The van der Waals surface area contributed by atoms with Gasteiger partial charge in [0.25, 0.3) is 0 Å². The summed E-state index contributed by atoms with van der Waals surface area (Å²) in [5.74, 6) is 2.60. The molecule has 1 saturated heterocycles. The van der Waals surface area contributed by atoms with E-state index in [2.05, 4.69) is 36.0 Å². The lowest BCUT2D eigenvalue weighted by Gasteiger charge is -2.47. The van der Waals surface area contributed by atoms with E-state index in [1.54, 1.807) is 0 Å². The van der Waals surface area contributed by atoms with Crippen LogP contribution in [0, 0.1) is 12.8 Å². The smallest absolute Gasteiger partial charge is 0.211 e. The van der Waals surface area contributed by atoms with E-state index < -0.39 is 0 Å². The van der Waals surface area contributed by atoms with Crippen molar-refractivity contribution in [2.45, 2.75) is 58.2 Å². The zero-order chi connectivity index (χ0) is 13.6. The second-order valence-corrected chi connectivity index (χ2v) is 6.58. The minimum absolute atomic E-state index is 0.254. The Morgan fingerprint density at radius 3 is 2.84 bits per heavy atom. The molecular formula is C15H25N3O. The van der Waals surface area contributed by atoms with Gasteiger partial charge in [-0.1, -0.05) is 0 Å². The summed E-state index contributed by atoms with van der Waals surface area (Å²) in [7, 11) is 0. The van der Waals surface area contributed by atoms with E-state index in [0.29, 0.717) is 6.04 Å². The summed E-state index contributed by atoms with van der Waals surface area (Å²) in [6.07, 6.45) is 4.56. The Hall–Kier alpha value is -0.870. The number of rotatable bonds is 3. The van der Waals surface area contributed by atoms with Crippen molar-refractivity contribution in [2.75, 3.05) is 13.1 Å². The normalized spacial score (nSPS) is 34.4. The molecule has 1 aromatic heterocycles. The van der Waals surface area contributed by atoms with Gasteiger partial charge in [-0.05, 0) is 46.5 Å². The van der Waals surface area contributed by atoms with E-state index in [4.69, 9.17) is 4.42 Å². The number of aryl methyl sites for hydroxylation is 1. The monoisotopic (exact) mass is 263 g/mol. The molecule has 3 unspecified atom stereocenters. The fourth-order valence-corrected chi connectivity index (χ4v) is 3.31. The lowest BCUT2D eigenvalue weighted by Crippen LogP contribution is -2.63. The molecule has 0 spiro atoms. The van der Waals surface area contributed by atoms with Gasteiger partial charge in [0.2, 0.25) is 5.89 Å². The Kier molecular flexibility index (Phi) is 3.18. The van der Waals surface area contributed by atoms with E-state index in [0.717, 1.165) is 30.7 Å². The minimum atomic E-state index is 0.254. The van der Waals surface area contributed by atoms with Crippen LogP contribution in [0.2, 0.25) is 0 Å². The number of hydrogen-bond acceptors (Lipinski definition) is 4. The zero-order valence-corrected chi connectivity index (χ0v) is 12.4. The second-order valence-electron chi connectivity index (χ2n) is 6.58. The largest absolute Gasteiger partial charge is 0.444 e. The average molecular weight is 263 g/mol. The van der Waals surface area contributed by atoms with Crippen molar-refractivity contribution in [3.63, 3.8) is 0 Å². The average Bonchev–Trinajstić information content (AvgIpc) is 3.15. The van der Waals surface area contributed by atoms with Gasteiger partial charge >= 0.3 is 0 Å². The van der Waals surface area contributed by atoms with Gasteiger partial charge in [0.05, 0.1) is 12.2 Å². The highest BCUT2D eigenvalue weighted by molar-refractivity contribution is 5.06. The van der Waals surface area contributed by atoms with Crippen molar-refractivity contribution >= 4 is 0 Å². The topological polar surface area (TPSA) is 41.3 Å². The van der Waals surface area contributed by atoms with Crippen molar-refractivity contribution in [1.29, 1.82) is 0 Å². The van der Waals surface area contributed by atoms with Crippen molar-refractivity contribution < 1.29 is 4.42 Å². The predicted octanol–water partition coefficient (Wildman–Crippen LogP) is 2.51. The summed E-state index contributed by atoms with van der Waals surface area (Å²) in [4.78, 5) is 6.95. The van der Waals surface area contributed by atoms with Crippen LogP contribution >= 0.6 is 0 Å². The maximum atomic E-state index is 5.72. The maximum Gasteiger partial charge on any atom is 0.211 e. The van der Waals surface area contributed by atoms with Crippen LogP contribution in [0.4, 0.5) is 0 Å². The highest BCUT2D eigenvalue weighted by Gasteiger charge is 2.46. The number of aromatic nitrogens is 1. The van der Waals surface area contributed by atoms with Crippen LogP contribution in [0.15, 0.2) is 10.6 Å². The van der Waals surface area contributed by atoms with Gasteiger partial charge < -0.3 is 9.73 Å². The van der Waals surface area contributed by atoms with Crippen LogP contribution in [0.25, 0.3) is 0 Å². The first-order valence-corrected chi connectivity index (χ1v) is 7.43. The summed E-state index contributed by atoms with van der Waals surface area (Å²) in [5, 5.41) is 3.76. The molecule has 1 aliphatic heterocycles.